The third-order valence-electron chi connectivity index (χ3n) is 4.17. The van der Waals surface area contributed by atoms with Gasteiger partial charge in [-0.1, -0.05) is 0 Å². The average molecular weight is 383 g/mol. The van der Waals surface area contributed by atoms with E-state index in [4.69, 9.17) is 0 Å². The van der Waals surface area contributed by atoms with E-state index >= 15 is 0 Å². The Kier molecular flexibility index (Phi) is 7.11. The van der Waals surface area contributed by atoms with E-state index in [-0.39, 0.29) is 30.2 Å². The number of aromatic nitrogens is 1. The first-order valence-electron chi connectivity index (χ1n) is 7.19. The monoisotopic (exact) mass is 382 g/mol. The molecule has 0 saturated carbocycles. The minimum atomic E-state index is -0.0606. The smallest absolute Gasteiger partial charge is 1.00 e. The van der Waals surface area contributed by atoms with Crippen LogP contribution in [0.2, 0.25) is 0 Å². The summed E-state index contributed by atoms with van der Waals surface area (Å²) in [6, 6.07) is 16.7. The first-order valence-corrected chi connectivity index (χ1v) is 7.82. The van der Waals surface area contributed by atoms with Crippen LogP contribution >= 0.6 is 0 Å². The molecule has 1 aromatic heterocycles. The molecule has 1 aliphatic rings. The van der Waals surface area contributed by atoms with Crippen LogP contribution < -0.4 is 24.8 Å². The van der Waals surface area contributed by atoms with Crippen molar-refractivity contribution in [2.24, 2.45) is 0 Å². The summed E-state index contributed by atoms with van der Waals surface area (Å²) in [5, 5.41) is 0. The minimum absolute atomic E-state index is 0. The van der Waals surface area contributed by atoms with Crippen LogP contribution in [0.25, 0.3) is 5.57 Å². The zero-order chi connectivity index (χ0) is 14.9. The Morgan fingerprint density at radius 3 is 2.22 bits per heavy atom. The second-order valence-electron chi connectivity index (χ2n) is 5.84. The van der Waals surface area contributed by atoms with E-state index in [1.165, 1.54) is 21.1 Å². The average Bonchev–Trinajstić information content (AvgIpc) is 2.91. The summed E-state index contributed by atoms with van der Waals surface area (Å²) >= 11 is 3.30. The molecule has 1 heterocycles. The Morgan fingerprint density at radius 1 is 0.957 bits per heavy atom. The van der Waals surface area contributed by atoms with Crippen molar-refractivity contribution in [2.75, 3.05) is 0 Å². The van der Waals surface area contributed by atoms with Crippen LogP contribution in [-0.4, -0.2) is 4.98 Å². The van der Waals surface area contributed by atoms with Gasteiger partial charge in [0.2, 0.25) is 0 Å². The Morgan fingerprint density at radius 2 is 1.61 bits per heavy atom. The molecule has 4 heteroatoms. The fourth-order valence-electron chi connectivity index (χ4n) is 2.84. The van der Waals surface area contributed by atoms with Gasteiger partial charge in [0.25, 0.3) is 0 Å². The van der Waals surface area contributed by atoms with Gasteiger partial charge in [-0.2, -0.15) is 0 Å². The molecule has 0 bridgehead atoms. The molecule has 0 unspecified atom stereocenters. The van der Waals surface area contributed by atoms with E-state index in [2.05, 4.69) is 83.7 Å². The van der Waals surface area contributed by atoms with Crippen molar-refractivity contribution < 1.29 is 41.1 Å². The maximum atomic E-state index is 4.56. The summed E-state index contributed by atoms with van der Waals surface area (Å²) in [5.74, 6) is 0. The molecule has 1 aromatic carbocycles. The molecular formula is C19H18Cl2CrN. The quantitative estimate of drug-likeness (QED) is 0.640. The molecule has 0 aliphatic heterocycles. The molecule has 0 spiro atoms. The maximum Gasteiger partial charge on any atom is -1.00 e. The topological polar surface area (TPSA) is 12.9 Å². The molecule has 119 valence electrons. The van der Waals surface area contributed by atoms with Crippen LogP contribution in [0.1, 0.15) is 31.5 Å². The van der Waals surface area contributed by atoms with E-state index in [9.17, 15) is 0 Å². The van der Waals surface area contributed by atoms with E-state index < -0.39 is 0 Å². The van der Waals surface area contributed by atoms with Crippen molar-refractivity contribution in [3.05, 3.63) is 82.1 Å². The fourth-order valence-corrected chi connectivity index (χ4v) is 3.69. The predicted molar refractivity (Wildman–Crippen MR) is 83.3 cm³/mol. The van der Waals surface area contributed by atoms with Crippen molar-refractivity contribution >= 4 is 5.57 Å². The van der Waals surface area contributed by atoms with Crippen molar-refractivity contribution in [2.45, 2.75) is 25.7 Å². The second-order valence-corrected chi connectivity index (χ2v) is 6.47. The van der Waals surface area contributed by atoms with Crippen LogP contribution in [0.15, 0.2) is 70.8 Å². The summed E-state index contributed by atoms with van der Waals surface area (Å²) < 4.78 is 1.27. The summed E-state index contributed by atoms with van der Waals surface area (Å²) in [5.41, 5.74) is 5.07. The van der Waals surface area contributed by atoms with Crippen molar-refractivity contribution in [3.63, 3.8) is 0 Å². The third kappa shape index (κ3) is 3.90. The first kappa shape index (κ1) is 20.0. The molecule has 0 amide bonds. The molecule has 1 aliphatic carbocycles. The van der Waals surface area contributed by atoms with Crippen LogP contribution in [0.3, 0.4) is 0 Å². The number of nitrogens with zero attached hydrogens (tertiary/aromatic N) is 1. The number of pyridine rings is 1. The molecule has 2 aromatic rings. The summed E-state index contributed by atoms with van der Waals surface area (Å²) in [6.07, 6.45) is 5.18. The molecule has 0 N–H and O–H groups in total. The molecular weight excluding hydrogens is 365 g/mol. The minimum Gasteiger partial charge on any atom is -1.00 e. The Bertz CT molecular complexity index is 707. The van der Waals surface area contributed by atoms with Gasteiger partial charge in [-0.3, -0.25) is 0 Å². The van der Waals surface area contributed by atoms with Crippen molar-refractivity contribution in [3.8, 4) is 0 Å². The second kappa shape index (κ2) is 8.18. The molecule has 1 nitrogen and oxygen atoms in total. The number of halogens is 2. The van der Waals surface area contributed by atoms with Crippen LogP contribution in [0.5, 0.6) is 0 Å². The van der Waals surface area contributed by atoms with E-state index in [1.54, 1.807) is 0 Å². The van der Waals surface area contributed by atoms with Gasteiger partial charge in [0.15, 0.2) is 0 Å². The Hall–Kier alpha value is -1.04. The van der Waals surface area contributed by atoms with Gasteiger partial charge < -0.3 is 24.8 Å². The van der Waals surface area contributed by atoms with Crippen LogP contribution in [0.4, 0.5) is 0 Å². The zero-order valence-corrected chi connectivity index (χ0v) is 15.9. The number of hydrogen-bond donors (Lipinski definition) is 0. The largest absolute Gasteiger partial charge is 1.00 e. The third-order valence-corrected chi connectivity index (χ3v) is 4.90. The van der Waals surface area contributed by atoms with Gasteiger partial charge >= 0.3 is 135 Å². The fraction of sp³-hybridized carbons (Fsp3) is 0.211. The van der Waals surface area contributed by atoms with Crippen LogP contribution in [0, 0.1) is 0 Å². The van der Waals surface area contributed by atoms with Gasteiger partial charge in [0, 0.05) is 0 Å². The molecule has 3 rings (SSSR count). The van der Waals surface area contributed by atoms with Crippen molar-refractivity contribution in [1.82, 2.24) is 4.98 Å². The van der Waals surface area contributed by atoms with E-state index in [0.29, 0.717) is 0 Å². The Balaban J connectivity index is 0.00000132. The van der Waals surface area contributed by atoms with Crippen LogP contribution in [-0.2, 0) is 21.7 Å². The summed E-state index contributed by atoms with van der Waals surface area (Å²) in [6.45, 7) is 4.51. The SMILES string of the molecule is CC(C)(C1=[C]([Cr+2])C(c2ccccc2)=CC1)c1ccccn1.[Cl-].[Cl-]. The van der Waals surface area contributed by atoms with E-state index in [1.807, 2.05) is 12.3 Å². The first-order chi connectivity index (χ1) is 10.1. The summed E-state index contributed by atoms with van der Waals surface area (Å²) in [7, 11) is 0. The summed E-state index contributed by atoms with van der Waals surface area (Å²) in [4.78, 5) is 4.56. The number of allylic oxidation sites excluding steroid dienone is 4. The Labute approximate surface area is 159 Å². The number of rotatable bonds is 3. The zero-order valence-electron chi connectivity index (χ0n) is 13.1. The van der Waals surface area contributed by atoms with Crippen molar-refractivity contribution in [1.29, 1.82) is 0 Å². The molecule has 0 radical (unpaired) electrons. The molecule has 0 saturated heterocycles. The number of benzene rings is 1. The maximum absolute atomic E-state index is 4.56. The molecule has 23 heavy (non-hydrogen) atoms. The van der Waals surface area contributed by atoms with Gasteiger partial charge in [-0.15, -0.1) is 0 Å². The van der Waals surface area contributed by atoms with Gasteiger partial charge in [-0.05, 0) is 0 Å². The molecule has 0 fully saturated rings. The van der Waals surface area contributed by atoms with Gasteiger partial charge in [0.1, 0.15) is 0 Å². The predicted octanol–water partition coefficient (Wildman–Crippen LogP) is -1.34. The molecule has 0 atom stereocenters. The van der Waals surface area contributed by atoms with Gasteiger partial charge in [0.05, 0.1) is 0 Å². The standard InChI is InChI=1S/C19H18N.2ClH.Cr/c1-19(2,18-10-6-7-13-20-18)17-12-11-16(14-17)15-8-4-3-5-9-15;;;/h3-11,13H,12H2,1-2H3;2*1H;/q;;;+2/p-2. The van der Waals surface area contributed by atoms with E-state index in [0.717, 1.165) is 12.1 Å². The van der Waals surface area contributed by atoms with Gasteiger partial charge in [-0.25, -0.2) is 0 Å². The number of hydrogen-bond acceptors (Lipinski definition) is 1. The normalized spacial score (nSPS) is 13.9.